The molecule has 1 aliphatic rings. The summed E-state index contributed by atoms with van der Waals surface area (Å²) in [5, 5.41) is 13.0. The second-order valence-electron chi connectivity index (χ2n) is 5.17. The van der Waals surface area contributed by atoms with Crippen molar-refractivity contribution in [3.63, 3.8) is 0 Å². The van der Waals surface area contributed by atoms with E-state index in [0.717, 1.165) is 19.4 Å². The molecule has 2 rings (SSSR count). The van der Waals surface area contributed by atoms with Crippen molar-refractivity contribution in [3.05, 3.63) is 11.7 Å². The molecule has 1 aromatic heterocycles. The molecule has 0 radical (unpaired) electrons. The summed E-state index contributed by atoms with van der Waals surface area (Å²) in [6, 6.07) is -0.412. The molecular weight excluding hydrogens is 234 g/mol. The minimum atomic E-state index is -0.769. The van der Waals surface area contributed by atoms with Gasteiger partial charge in [0.25, 0.3) is 0 Å². The summed E-state index contributed by atoms with van der Waals surface area (Å²) < 4.78 is 5.16. The number of aromatic nitrogens is 2. The van der Waals surface area contributed by atoms with Crippen LogP contribution in [0.15, 0.2) is 4.52 Å². The summed E-state index contributed by atoms with van der Waals surface area (Å²) in [5.41, 5.74) is 0. The lowest BCUT2D eigenvalue weighted by Gasteiger charge is -2.18. The van der Waals surface area contributed by atoms with Crippen LogP contribution in [-0.2, 0) is 17.8 Å². The van der Waals surface area contributed by atoms with E-state index in [1.54, 1.807) is 0 Å². The van der Waals surface area contributed by atoms with E-state index in [-0.39, 0.29) is 0 Å². The van der Waals surface area contributed by atoms with Crippen LogP contribution < -0.4 is 0 Å². The van der Waals surface area contributed by atoms with Gasteiger partial charge in [-0.1, -0.05) is 19.0 Å². The number of rotatable bonds is 5. The molecule has 1 fully saturated rings. The van der Waals surface area contributed by atoms with Crippen LogP contribution in [-0.4, -0.2) is 38.7 Å². The number of nitrogens with zero attached hydrogens (tertiary/aromatic N) is 3. The van der Waals surface area contributed by atoms with Gasteiger partial charge in [0.1, 0.15) is 6.04 Å². The van der Waals surface area contributed by atoms with Crippen LogP contribution >= 0.6 is 0 Å². The van der Waals surface area contributed by atoms with Gasteiger partial charge in [0.15, 0.2) is 5.82 Å². The predicted molar refractivity (Wildman–Crippen MR) is 63.9 cm³/mol. The molecule has 1 N–H and O–H groups in total. The molecule has 18 heavy (non-hydrogen) atoms. The van der Waals surface area contributed by atoms with Crippen LogP contribution in [0, 0.1) is 5.92 Å². The van der Waals surface area contributed by atoms with Gasteiger partial charge in [-0.05, 0) is 25.3 Å². The highest BCUT2D eigenvalue weighted by Gasteiger charge is 2.31. The number of carboxylic acid groups (broad SMARTS) is 1. The normalized spacial score (nSPS) is 20.7. The zero-order chi connectivity index (χ0) is 13.1. The lowest BCUT2D eigenvalue weighted by molar-refractivity contribution is -0.142. The number of likely N-dealkylation sites (tertiary alicyclic amines) is 1. The molecule has 0 aromatic carbocycles. The molecule has 1 saturated heterocycles. The number of carboxylic acids is 1. The Balaban J connectivity index is 1.96. The largest absolute Gasteiger partial charge is 0.480 e. The van der Waals surface area contributed by atoms with Crippen LogP contribution in [0.3, 0.4) is 0 Å². The molecule has 0 amide bonds. The van der Waals surface area contributed by atoms with Crippen LogP contribution in [0.5, 0.6) is 0 Å². The maximum absolute atomic E-state index is 11.0. The van der Waals surface area contributed by atoms with Crippen molar-refractivity contribution in [3.8, 4) is 0 Å². The molecule has 2 heterocycles. The highest BCUT2D eigenvalue weighted by molar-refractivity contribution is 5.73. The summed E-state index contributed by atoms with van der Waals surface area (Å²) in [7, 11) is 0. The first-order valence-electron chi connectivity index (χ1n) is 6.34. The zero-order valence-corrected chi connectivity index (χ0v) is 10.8. The molecule has 1 aromatic rings. The molecule has 0 bridgehead atoms. The monoisotopic (exact) mass is 253 g/mol. The van der Waals surface area contributed by atoms with Gasteiger partial charge < -0.3 is 9.63 Å². The Morgan fingerprint density at radius 2 is 2.39 bits per heavy atom. The van der Waals surface area contributed by atoms with Gasteiger partial charge in [0.05, 0.1) is 6.54 Å². The van der Waals surface area contributed by atoms with E-state index in [4.69, 9.17) is 9.63 Å². The first kappa shape index (κ1) is 13.0. The lowest BCUT2D eigenvalue weighted by Crippen LogP contribution is -2.35. The lowest BCUT2D eigenvalue weighted by atomic mass is 10.1. The Labute approximate surface area is 106 Å². The second kappa shape index (κ2) is 5.48. The third-order valence-electron chi connectivity index (χ3n) is 3.09. The van der Waals surface area contributed by atoms with Crippen LogP contribution in [0.25, 0.3) is 0 Å². The SMILES string of the molecule is CC(C)Cc1noc(CN2CCC[C@H]2C(=O)O)n1. The first-order chi connectivity index (χ1) is 8.56. The van der Waals surface area contributed by atoms with Gasteiger partial charge in [-0.3, -0.25) is 9.69 Å². The number of aliphatic carboxylic acids is 1. The highest BCUT2D eigenvalue weighted by atomic mass is 16.5. The van der Waals surface area contributed by atoms with Crippen molar-refractivity contribution in [1.82, 2.24) is 15.0 Å². The minimum Gasteiger partial charge on any atom is -0.480 e. The highest BCUT2D eigenvalue weighted by Crippen LogP contribution is 2.19. The van der Waals surface area contributed by atoms with Gasteiger partial charge in [0.2, 0.25) is 5.89 Å². The van der Waals surface area contributed by atoms with E-state index in [9.17, 15) is 4.79 Å². The Kier molecular flexibility index (Phi) is 3.96. The van der Waals surface area contributed by atoms with E-state index in [0.29, 0.717) is 30.6 Å². The van der Waals surface area contributed by atoms with Crippen molar-refractivity contribution in [2.45, 2.75) is 45.7 Å². The van der Waals surface area contributed by atoms with E-state index < -0.39 is 12.0 Å². The summed E-state index contributed by atoms with van der Waals surface area (Å²) in [6.45, 7) is 5.40. The second-order valence-corrected chi connectivity index (χ2v) is 5.17. The third kappa shape index (κ3) is 3.07. The summed E-state index contributed by atoms with van der Waals surface area (Å²) in [4.78, 5) is 17.2. The van der Waals surface area contributed by atoms with E-state index in [2.05, 4.69) is 24.0 Å². The maximum atomic E-state index is 11.0. The van der Waals surface area contributed by atoms with Gasteiger partial charge >= 0.3 is 5.97 Å². The van der Waals surface area contributed by atoms with Crippen LogP contribution in [0.4, 0.5) is 0 Å². The molecule has 1 aliphatic heterocycles. The van der Waals surface area contributed by atoms with Crippen molar-refractivity contribution >= 4 is 5.97 Å². The summed E-state index contributed by atoms with van der Waals surface area (Å²) in [6.07, 6.45) is 2.39. The number of hydrogen-bond acceptors (Lipinski definition) is 5. The average Bonchev–Trinajstić information content (AvgIpc) is 2.87. The maximum Gasteiger partial charge on any atom is 0.320 e. The van der Waals surface area contributed by atoms with E-state index >= 15 is 0 Å². The van der Waals surface area contributed by atoms with Gasteiger partial charge in [-0.15, -0.1) is 0 Å². The summed E-state index contributed by atoms with van der Waals surface area (Å²) in [5.74, 6) is 0.924. The Hall–Kier alpha value is -1.43. The van der Waals surface area contributed by atoms with Gasteiger partial charge in [-0.25, -0.2) is 0 Å². The topological polar surface area (TPSA) is 79.5 Å². The fourth-order valence-electron chi connectivity index (χ4n) is 2.27. The Bertz CT molecular complexity index is 416. The molecule has 100 valence electrons. The van der Waals surface area contributed by atoms with Gasteiger partial charge in [-0.2, -0.15) is 4.98 Å². The number of hydrogen-bond donors (Lipinski definition) is 1. The first-order valence-corrected chi connectivity index (χ1v) is 6.34. The standard InChI is InChI=1S/C12H19N3O3/c1-8(2)6-10-13-11(18-14-10)7-15-5-3-4-9(15)12(16)17/h8-9H,3-7H2,1-2H3,(H,16,17)/t9-/m0/s1. The molecule has 0 spiro atoms. The molecule has 0 unspecified atom stereocenters. The fourth-order valence-corrected chi connectivity index (χ4v) is 2.27. The number of carbonyl (C=O) groups is 1. The zero-order valence-electron chi connectivity index (χ0n) is 10.8. The Morgan fingerprint density at radius 1 is 1.61 bits per heavy atom. The van der Waals surface area contributed by atoms with Crippen LogP contribution in [0.2, 0.25) is 0 Å². The Morgan fingerprint density at radius 3 is 3.06 bits per heavy atom. The molecule has 1 atom stereocenters. The molecular formula is C12H19N3O3. The predicted octanol–water partition coefficient (Wildman–Crippen LogP) is 1.32. The molecule has 0 aliphatic carbocycles. The van der Waals surface area contributed by atoms with Crippen LogP contribution in [0.1, 0.15) is 38.4 Å². The van der Waals surface area contributed by atoms with Crippen molar-refractivity contribution in [2.75, 3.05) is 6.54 Å². The molecule has 0 saturated carbocycles. The minimum absolute atomic E-state index is 0.412. The van der Waals surface area contributed by atoms with E-state index in [1.807, 2.05) is 4.90 Å². The molecule has 6 heteroatoms. The quantitative estimate of drug-likeness (QED) is 0.852. The van der Waals surface area contributed by atoms with Crippen molar-refractivity contribution < 1.29 is 14.4 Å². The fraction of sp³-hybridized carbons (Fsp3) is 0.750. The third-order valence-corrected chi connectivity index (χ3v) is 3.09. The average molecular weight is 253 g/mol. The smallest absolute Gasteiger partial charge is 0.320 e. The van der Waals surface area contributed by atoms with Crippen molar-refractivity contribution in [2.24, 2.45) is 5.92 Å². The van der Waals surface area contributed by atoms with Gasteiger partial charge in [0, 0.05) is 6.42 Å². The molecule has 6 nitrogen and oxygen atoms in total. The summed E-state index contributed by atoms with van der Waals surface area (Å²) >= 11 is 0. The van der Waals surface area contributed by atoms with E-state index in [1.165, 1.54) is 0 Å². The van der Waals surface area contributed by atoms with Crippen molar-refractivity contribution in [1.29, 1.82) is 0 Å².